The van der Waals surface area contributed by atoms with Gasteiger partial charge in [0.15, 0.2) is 12.4 Å². The Kier molecular flexibility index (Phi) is 6.46. The van der Waals surface area contributed by atoms with Crippen molar-refractivity contribution >= 4 is 34.9 Å². The molecular formula is C22H22N2O6. The van der Waals surface area contributed by atoms with Crippen molar-refractivity contribution in [2.75, 3.05) is 30.5 Å². The molecule has 30 heavy (non-hydrogen) atoms. The lowest BCUT2D eigenvalue weighted by atomic mass is 10.1. The normalized spacial score (nSPS) is 15.6. The van der Waals surface area contributed by atoms with Crippen molar-refractivity contribution in [3.05, 3.63) is 54.1 Å². The molecule has 1 aliphatic heterocycles. The summed E-state index contributed by atoms with van der Waals surface area (Å²) in [5.74, 6) is -1.42. The molecule has 1 heterocycles. The second-order valence-corrected chi connectivity index (χ2v) is 6.90. The van der Waals surface area contributed by atoms with E-state index < -0.39 is 24.4 Å². The summed E-state index contributed by atoms with van der Waals surface area (Å²) in [5, 5.41) is 2.58. The molecule has 0 unspecified atom stereocenters. The lowest BCUT2D eigenvalue weighted by Crippen LogP contribution is -2.28. The number of methoxy groups -OCH3 is 1. The van der Waals surface area contributed by atoms with E-state index in [4.69, 9.17) is 9.47 Å². The molecule has 0 saturated carbocycles. The van der Waals surface area contributed by atoms with E-state index in [1.54, 1.807) is 55.6 Å². The van der Waals surface area contributed by atoms with Gasteiger partial charge in [-0.05, 0) is 43.3 Å². The summed E-state index contributed by atoms with van der Waals surface area (Å²) in [7, 11) is 1.55. The highest BCUT2D eigenvalue weighted by atomic mass is 16.5. The van der Waals surface area contributed by atoms with E-state index in [2.05, 4.69) is 5.32 Å². The zero-order valence-electron chi connectivity index (χ0n) is 16.7. The number of carbonyl (C=O) groups is 4. The monoisotopic (exact) mass is 410 g/mol. The average molecular weight is 410 g/mol. The van der Waals surface area contributed by atoms with Crippen LogP contribution in [-0.2, 0) is 19.1 Å². The molecule has 1 saturated heterocycles. The van der Waals surface area contributed by atoms with E-state index in [1.807, 2.05) is 0 Å². The molecule has 1 aliphatic rings. The van der Waals surface area contributed by atoms with Crippen LogP contribution in [0.3, 0.4) is 0 Å². The van der Waals surface area contributed by atoms with Crippen molar-refractivity contribution in [2.24, 2.45) is 5.92 Å². The number of carbonyl (C=O) groups excluding carboxylic acids is 4. The first-order chi connectivity index (χ1) is 14.4. The number of ether oxygens (including phenoxy) is 2. The Bertz CT molecular complexity index is 970. The molecule has 0 aromatic heterocycles. The molecule has 0 spiro atoms. The van der Waals surface area contributed by atoms with E-state index in [0.717, 1.165) is 0 Å². The number of rotatable bonds is 7. The average Bonchev–Trinajstić information content (AvgIpc) is 3.14. The summed E-state index contributed by atoms with van der Waals surface area (Å²) in [4.78, 5) is 49.6. The van der Waals surface area contributed by atoms with Crippen LogP contribution in [0.5, 0.6) is 5.75 Å². The molecule has 2 amide bonds. The fraction of sp³-hybridized carbons (Fsp3) is 0.273. The van der Waals surface area contributed by atoms with Crippen LogP contribution in [-0.4, -0.2) is 43.8 Å². The zero-order valence-corrected chi connectivity index (χ0v) is 16.7. The summed E-state index contributed by atoms with van der Waals surface area (Å²) < 4.78 is 10.2. The number of Topliss-reactive ketones (excluding diaryl/α,β-unsaturated/α-hetero) is 1. The minimum atomic E-state index is -0.645. The third-order valence-electron chi connectivity index (χ3n) is 4.74. The number of nitrogens with one attached hydrogen (secondary N) is 1. The lowest BCUT2D eigenvalue weighted by Gasteiger charge is -2.17. The van der Waals surface area contributed by atoms with Gasteiger partial charge in [-0.2, -0.15) is 0 Å². The minimum Gasteiger partial charge on any atom is -0.497 e. The Hall–Kier alpha value is -3.68. The standard InChI is InChI=1S/C22H22N2O6/c1-14(25)15-4-3-5-17(10-15)23-20(26)13-30-22(28)16-11-21(27)24(12-16)18-6-8-19(29-2)9-7-18/h3-10,16H,11-13H2,1-2H3,(H,23,26)/t16-/m1/s1. The Morgan fingerprint density at radius 1 is 1.13 bits per heavy atom. The van der Waals surface area contributed by atoms with Crippen molar-refractivity contribution in [1.82, 2.24) is 0 Å². The number of amides is 2. The predicted molar refractivity (Wildman–Crippen MR) is 109 cm³/mol. The molecule has 2 aromatic rings. The van der Waals surface area contributed by atoms with E-state index in [9.17, 15) is 19.2 Å². The van der Waals surface area contributed by atoms with Gasteiger partial charge in [-0.25, -0.2) is 0 Å². The van der Waals surface area contributed by atoms with Gasteiger partial charge in [0.25, 0.3) is 5.91 Å². The molecule has 0 radical (unpaired) electrons. The number of esters is 1. The van der Waals surface area contributed by atoms with Crippen molar-refractivity contribution in [2.45, 2.75) is 13.3 Å². The van der Waals surface area contributed by atoms with Crippen LogP contribution < -0.4 is 15.0 Å². The summed E-state index contributed by atoms with van der Waals surface area (Å²) in [5.41, 5.74) is 1.57. The van der Waals surface area contributed by atoms with Gasteiger partial charge in [0.05, 0.1) is 13.0 Å². The predicted octanol–water partition coefficient (Wildman–Crippen LogP) is 2.43. The second-order valence-electron chi connectivity index (χ2n) is 6.90. The topological polar surface area (TPSA) is 102 Å². The van der Waals surface area contributed by atoms with E-state index >= 15 is 0 Å². The number of ketones is 1. The van der Waals surface area contributed by atoms with Crippen molar-refractivity contribution in [1.29, 1.82) is 0 Å². The Morgan fingerprint density at radius 2 is 1.87 bits per heavy atom. The molecule has 2 aromatic carbocycles. The van der Waals surface area contributed by atoms with Gasteiger partial charge < -0.3 is 19.7 Å². The maximum Gasteiger partial charge on any atom is 0.311 e. The third kappa shape index (κ3) is 5.02. The third-order valence-corrected chi connectivity index (χ3v) is 4.74. The van der Waals surface area contributed by atoms with Gasteiger partial charge in [-0.3, -0.25) is 19.2 Å². The molecule has 0 aliphatic carbocycles. The van der Waals surface area contributed by atoms with Crippen molar-refractivity contribution in [3.8, 4) is 5.75 Å². The lowest BCUT2D eigenvalue weighted by molar-refractivity contribution is -0.151. The smallest absolute Gasteiger partial charge is 0.311 e. The molecule has 1 N–H and O–H groups in total. The molecule has 156 valence electrons. The summed E-state index contributed by atoms with van der Waals surface area (Å²) >= 11 is 0. The first-order valence-electron chi connectivity index (χ1n) is 9.39. The van der Waals surface area contributed by atoms with E-state index in [1.165, 1.54) is 11.8 Å². The van der Waals surface area contributed by atoms with Crippen LogP contribution in [0.15, 0.2) is 48.5 Å². The first-order valence-corrected chi connectivity index (χ1v) is 9.39. The number of hydrogen-bond acceptors (Lipinski definition) is 6. The van der Waals surface area contributed by atoms with Gasteiger partial charge in [0.2, 0.25) is 5.91 Å². The number of anilines is 2. The molecule has 1 atom stereocenters. The Morgan fingerprint density at radius 3 is 2.53 bits per heavy atom. The SMILES string of the molecule is COc1ccc(N2C[C@H](C(=O)OCC(=O)Nc3cccc(C(C)=O)c3)CC2=O)cc1. The van der Waals surface area contributed by atoms with E-state index in [-0.39, 0.29) is 24.7 Å². The van der Waals surface area contributed by atoms with Crippen molar-refractivity contribution < 1.29 is 28.7 Å². The number of nitrogens with zero attached hydrogens (tertiary/aromatic N) is 1. The molecular weight excluding hydrogens is 388 g/mol. The Labute approximate surface area is 173 Å². The maximum atomic E-state index is 12.3. The maximum absolute atomic E-state index is 12.3. The highest BCUT2D eigenvalue weighted by Crippen LogP contribution is 2.27. The van der Waals surface area contributed by atoms with Crippen LogP contribution >= 0.6 is 0 Å². The first kappa shape index (κ1) is 21.0. The summed E-state index contributed by atoms with van der Waals surface area (Å²) in [6.45, 7) is 1.14. The molecule has 0 bridgehead atoms. The van der Waals surface area contributed by atoms with Crippen molar-refractivity contribution in [3.63, 3.8) is 0 Å². The fourth-order valence-electron chi connectivity index (χ4n) is 3.14. The van der Waals surface area contributed by atoms with Gasteiger partial charge in [-0.1, -0.05) is 12.1 Å². The molecule has 1 fully saturated rings. The molecule has 8 heteroatoms. The second kappa shape index (κ2) is 9.21. The highest BCUT2D eigenvalue weighted by molar-refractivity contribution is 6.00. The summed E-state index contributed by atoms with van der Waals surface area (Å²) in [6, 6.07) is 13.4. The van der Waals surface area contributed by atoms with Crippen LogP contribution in [0.1, 0.15) is 23.7 Å². The van der Waals surface area contributed by atoms with Gasteiger partial charge in [0.1, 0.15) is 5.75 Å². The van der Waals surface area contributed by atoms with Crippen LogP contribution in [0.2, 0.25) is 0 Å². The highest BCUT2D eigenvalue weighted by Gasteiger charge is 2.36. The van der Waals surface area contributed by atoms with Crippen LogP contribution in [0.4, 0.5) is 11.4 Å². The molecule has 3 rings (SSSR count). The van der Waals surface area contributed by atoms with Gasteiger partial charge in [0, 0.05) is 29.9 Å². The van der Waals surface area contributed by atoms with E-state index in [0.29, 0.717) is 22.7 Å². The number of benzene rings is 2. The molecule has 8 nitrogen and oxygen atoms in total. The largest absolute Gasteiger partial charge is 0.497 e. The minimum absolute atomic E-state index is 0.0210. The van der Waals surface area contributed by atoms with Gasteiger partial charge >= 0.3 is 5.97 Å². The zero-order chi connectivity index (χ0) is 21.7. The van der Waals surface area contributed by atoms with Crippen LogP contribution in [0.25, 0.3) is 0 Å². The quantitative estimate of drug-likeness (QED) is 0.556. The number of hydrogen-bond donors (Lipinski definition) is 1. The fourth-order valence-corrected chi connectivity index (χ4v) is 3.14. The Balaban J connectivity index is 1.52. The summed E-state index contributed by atoms with van der Waals surface area (Å²) in [6.07, 6.45) is 0.0210. The van der Waals surface area contributed by atoms with Crippen LogP contribution in [0, 0.1) is 5.92 Å². The van der Waals surface area contributed by atoms with Gasteiger partial charge in [-0.15, -0.1) is 0 Å².